The minimum atomic E-state index is -0.396. The first kappa shape index (κ1) is 13.4. The summed E-state index contributed by atoms with van der Waals surface area (Å²) in [5.41, 5.74) is 0.249. The quantitative estimate of drug-likeness (QED) is 0.598. The second-order valence-corrected chi connectivity index (χ2v) is 7.03. The molecule has 1 aliphatic rings. The van der Waals surface area contributed by atoms with Gasteiger partial charge in [0.25, 0.3) is 0 Å². The van der Waals surface area contributed by atoms with Crippen molar-refractivity contribution < 1.29 is 9.31 Å². The second kappa shape index (κ2) is 4.19. The molecule has 3 rings (SSSR count). The molecule has 0 atom stereocenters. The molecule has 6 heteroatoms. The number of hydrogen-bond donors (Lipinski definition) is 0. The Kier molecular flexibility index (Phi) is 2.95. The number of nitrogens with zero attached hydrogens (tertiary/aromatic N) is 1. The van der Waals surface area contributed by atoms with Crippen molar-refractivity contribution in [2.45, 2.75) is 38.9 Å². The van der Waals surface area contributed by atoms with E-state index in [9.17, 15) is 0 Å². The van der Waals surface area contributed by atoms with Crippen molar-refractivity contribution in [3.8, 4) is 0 Å². The lowest BCUT2D eigenvalue weighted by atomic mass is 9.78. The van der Waals surface area contributed by atoms with Crippen molar-refractivity contribution in [1.29, 1.82) is 0 Å². The number of fused-ring (bicyclic) bond motifs is 1. The number of thiophene rings is 1. The van der Waals surface area contributed by atoms with Crippen LogP contribution in [0.5, 0.6) is 0 Å². The minimum absolute atomic E-state index is 0.348. The molecule has 1 fully saturated rings. The number of rotatable bonds is 1. The SMILES string of the molecule is CC1(C)OB(c2cnc(Cl)c3sccc23)OC1(C)C. The third-order valence-electron chi connectivity index (χ3n) is 3.99. The van der Waals surface area contributed by atoms with Gasteiger partial charge in [0.1, 0.15) is 5.15 Å². The zero-order valence-corrected chi connectivity index (χ0v) is 12.9. The molecule has 0 amide bonds. The second-order valence-electron chi connectivity index (χ2n) is 5.76. The van der Waals surface area contributed by atoms with E-state index in [2.05, 4.69) is 4.98 Å². The summed E-state index contributed by atoms with van der Waals surface area (Å²) in [6, 6.07) is 2.04. The molecule has 0 aliphatic carbocycles. The van der Waals surface area contributed by atoms with Crippen molar-refractivity contribution in [2.24, 2.45) is 0 Å². The molecule has 0 spiro atoms. The van der Waals surface area contributed by atoms with Crippen molar-refractivity contribution in [1.82, 2.24) is 4.98 Å². The summed E-state index contributed by atoms with van der Waals surface area (Å²) in [4.78, 5) is 4.24. The Morgan fingerprint density at radius 2 is 1.84 bits per heavy atom. The molecule has 1 saturated heterocycles. The lowest BCUT2D eigenvalue weighted by Gasteiger charge is -2.32. The zero-order valence-electron chi connectivity index (χ0n) is 11.4. The van der Waals surface area contributed by atoms with Crippen LogP contribution in [0.25, 0.3) is 10.1 Å². The maximum absolute atomic E-state index is 6.11. The molecule has 2 aromatic rings. The van der Waals surface area contributed by atoms with E-state index in [1.165, 1.54) is 0 Å². The molecule has 0 N–H and O–H groups in total. The van der Waals surface area contributed by atoms with Crippen molar-refractivity contribution in [3.63, 3.8) is 0 Å². The molecule has 2 aromatic heterocycles. The fourth-order valence-corrected chi connectivity index (χ4v) is 3.20. The van der Waals surface area contributed by atoms with E-state index in [1.54, 1.807) is 17.5 Å². The van der Waals surface area contributed by atoms with E-state index in [0.717, 1.165) is 15.5 Å². The number of pyridine rings is 1. The fraction of sp³-hybridized carbons (Fsp3) is 0.462. The third-order valence-corrected chi connectivity index (χ3v) is 5.31. The first-order valence-corrected chi connectivity index (χ1v) is 7.45. The van der Waals surface area contributed by atoms with Gasteiger partial charge in [-0.2, -0.15) is 0 Å². The number of aromatic nitrogens is 1. The molecular weight excluding hydrogens is 280 g/mol. The highest BCUT2D eigenvalue weighted by Crippen LogP contribution is 2.37. The molecule has 0 radical (unpaired) electrons. The highest BCUT2D eigenvalue weighted by molar-refractivity contribution is 7.18. The van der Waals surface area contributed by atoms with Crippen LogP contribution in [0.15, 0.2) is 17.6 Å². The van der Waals surface area contributed by atoms with Crippen molar-refractivity contribution in [3.05, 3.63) is 22.8 Å². The van der Waals surface area contributed by atoms with Crippen LogP contribution in [0.2, 0.25) is 5.15 Å². The van der Waals surface area contributed by atoms with Gasteiger partial charge in [-0.15, -0.1) is 11.3 Å². The van der Waals surface area contributed by atoms with Crippen LogP contribution in [-0.2, 0) is 9.31 Å². The van der Waals surface area contributed by atoms with Crippen LogP contribution < -0.4 is 5.46 Å². The van der Waals surface area contributed by atoms with Crippen LogP contribution >= 0.6 is 22.9 Å². The largest absolute Gasteiger partial charge is 0.497 e. The number of halogens is 1. The molecule has 3 nitrogen and oxygen atoms in total. The molecule has 1 aliphatic heterocycles. The number of hydrogen-bond acceptors (Lipinski definition) is 4. The summed E-state index contributed by atoms with van der Waals surface area (Å²) in [5.74, 6) is 0. The zero-order chi connectivity index (χ0) is 13.8. The first-order valence-electron chi connectivity index (χ1n) is 6.19. The summed E-state index contributed by atoms with van der Waals surface area (Å²) in [5, 5.41) is 3.60. The van der Waals surface area contributed by atoms with Gasteiger partial charge < -0.3 is 9.31 Å². The Morgan fingerprint density at radius 3 is 2.47 bits per heavy atom. The van der Waals surface area contributed by atoms with Gasteiger partial charge in [0.2, 0.25) is 0 Å². The van der Waals surface area contributed by atoms with E-state index in [1.807, 2.05) is 39.1 Å². The minimum Gasteiger partial charge on any atom is -0.399 e. The van der Waals surface area contributed by atoms with Gasteiger partial charge in [-0.3, -0.25) is 0 Å². The predicted molar refractivity (Wildman–Crippen MR) is 80.3 cm³/mol. The Bertz CT molecular complexity index is 625. The topological polar surface area (TPSA) is 31.4 Å². The van der Waals surface area contributed by atoms with E-state index in [-0.39, 0.29) is 11.2 Å². The van der Waals surface area contributed by atoms with Crippen molar-refractivity contribution in [2.75, 3.05) is 0 Å². The lowest BCUT2D eigenvalue weighted by Crippen LogP contribution is -2.41. The fourth-order valence-electron chi connectivity index (χ4n) is 2.11. The van der Waals surface area contributed by atoms with Gasteiger partial charge in [0, 0.05) is 11.7 Å². The van der Waals surface area contributed by atoms with E-state index < -0.39 is 7.12 Å². The third kappa shape index (κ3) is 2.00. The Morgan fingerprint density at radius 1 is 1.21 bits per heavy atom. The van der Waals surface area contributed by atoms with Gasteiger partial charge in [-0.1, -0.05) is 11.6 Å². The summed E-state index contributed by atoms with van der Waals surface area (Å²) in [6.07, 6.45) is 1.75. The van der Waals surface area contributed by atoms with Crippen LogP contribution in [0.4, 0.5) is 0 Å². The van der Waals surface area contributed by atoms with Crippen molar-refractivity contribution >= 4 is 45.6 Å². The summed E-state index contributed by atoms with van der Waals surface area (Å²) < 4.78 is 13.1. The molecule has 0 bridgehead atoms. The van der Waals surface area contributed by atoms with Crippen LogP contribution in [0.3, 0.4) is 0 Å². The Hall–Kier alpha value is -0.615. The van der Waals surface area contributed by atoms with Crippen LogP contribution in [0.1, 0.15) is 27.7 Å². The molecular formula is C13H15BClNO2S. The average Bonchev–Trinajstić information content (AvgIpc) is 2.84. The standard InChI is InChI=1S/C13H15BClNO2S/c1-12(2)13(3,4)18-14(17-12)9-7-16-11(15)10-8(9)5-6-19-10/h5-7H,1-4H3. The van der Waals surface area contributed by atoms with Gasteiger partial charge in [0.05, 0.1) is 15.9 Å². The summed E-state index contributed by atoms with van der Waals surface area (Å²) in [6.45, 7) is 8.17. The highest BCUT2D eigenvalue weighted by atomic mass is 35.5. The first-order chi connectivity index (χ1) is 8.82. The maximum Gasteiger partial charge on any atom is 0.497 e. The maximum atomic E-state index is 6.11. The lowest BCUT2D eigenvalue weighted by molar-refractivity contribution is 0.00578. The van der Waals surface area contributed by atoms with Gasteiger partial charge in [-0.25, -0.2) is 4.98 Å². The Labute approximate surface area is 122 Å². The van der Waals surface area contributed by atoms with Gasteiger partial charge in [0.15, 0.2) is 0 Å². The monoisotopic (exact) mass is 295 g/mol. The van der Waals surface area contributed by atoms with Gasteiger partial charge >= 0.3 is 7.12 Å². The van der Waals surface area contributed by atoms with E-state index in [0.29, 0.717) is 5.15 Å². The molecule has 0 aromatic carbocycles. The van der Waals surface area contributed by atoms with Crippen LogP contribution in [-0.4, -0.2) is 23.3 Å². The molecule has 19 heavy (non-hydrogen) atoms. The highest BCUT2D eigenvalue weighted by Gasteiger charge is 2.52. The molecule has 0 unspecified atom stereocenters. The predicted octanol–water partition coefficient (Wildman–Crippen LogP) is 3.25. The van der Waals surface area contributed by atoms with E-state index in [4.69, 9.17) is 20.9 Å². The normalized spacial score (nSPS) is 21.2. The molecule has 3 heterocycles. The molecule has 0 saturated carbocycles. The average molecular weight is 296 g/mol. The van der Waals surface area contributed by atoms with Gasteiger partial charge in [-0.05, 0) is 44.5 Å². The summed E-state index contributed by atoms with van der Waals surface area (Å²) >= 11 is 7.69. The smallest absolute Gasteiger partial charge is 0.399 e. The van der Waals surface area contributed by atoms with E-state index >= 15 is 0 Å². The molecule has 100 valence electrons. The summed E-state index contributed by atoms with van der Waals surface area (Å²) in [7, 11) is -0.396. The van der Waals surface area contributed by atoms with Crippen LogP contribution in [0, 0.1) is 0 Å². The Balaban J connectivity index is 2.08.